The highest BCUT2D eigenvalue weighted by atomic mass is 35.5. The van der Waals surface area contributed by atoms with E-state index < -0.39 is 30.4 Å². The molecule has 1 saturated heterocycles. The third-order valence-corrected chi connectivity index (χ3v) is 4.27. The van der Waals surface area contributed by atoms with Crippen LogP contribution in [0.25, 0.3) is 6.08 Å². The minimum Gasteiger partial charge on any atom is -0.480 e. The number of carbonyl (C=O) groups is 4. The molecule has 1 heterocycles. The molecule has 1 fully saturated rings. The Morgan fingerprint density at radius 1 is 1.21 bits per heavy atom. The molecule has 0 radical (unpaired) electrons. The third-order valence-electron chi connectivity index (χ3n) is 3.98. The van der Waals surface area contributed by atoms with Gasteiger partial charge in [-0.25, -0.2) is 14.5 Å². The summed E-state index contributed by atoms with van der Waals surface area (Å²) in [5.41, 5.74) is 1.33. The van der Waals surface area contributed by atoms with Crippen LogP contribution in [0.2, 0.25) is 5.02 Å². The van der Waals surface area contributed by atoms with Crippen molar-refractivity contribution < 1.29 is 29.0 Å². The first-order chi connectivity index (χ1) is 13.8. The number of ether oxygens (including phenoxy) is 1. The Morgan fingerprint density at radius 2 is 1.97 bits per heavy atom. The van der Waals surface area contributed by atoms with E-state index in [1.165, 1.54) is 24.3 Å². The van der Waals surface area contributed by atoms with Gasteiger partial charge >= 0.3 is 12.0 Å². The number of aryl methyl sites for hydroxylation is 1. The fraction of sp³-hybridized carbons (Fsp3) is 0.100. The number of amides is 4. The van der Waals surface area contributed by atoms with Crippen molar-refractivity contribution in [2.75, 3.05) is 11.5 Å². The molecule has 2 N–H and O–H groups in total. The Morgan fingerprint density at radius 3 is 2.62 bits per heavy atom. The number of hydrogen-bond donors (Lipinski definition) is 2. The number of barbiturate groups is 1. The van der Waals surface area contributed by atoms with Gasteiger partial charge in [-0.1, -0.05) is 29.8 Å². The lowest BCUT2D eigenvalue weighted by molar-refractivity contribution is -0.139. The van der Waals surface area contributed by atoms with Crippen molar-refractivity contribution in [2.24, 2.45) is 0 Å². The van der Waals surface area contributed by atoms with E-state index in [9.17, 15) is 19.2 Å². The topological polar surface area (TPSA) is 113 Å². The molecule has 0 saturated carbocycles. The van der Waals surface area contributed by atoms with E-state index in [1.54, 1.807) is 18.2 Å². The summed E-state index contributed by atoms with van der Waals surface area (Å²) in [4.78, 5) is 48.7. The lowest BCUT2D eigenvalue weighted by Crippen LogP contribution is -2.54. The van der Waals surface area contributed by atoms with Crippen LogP contribution in [0.3, 0.4) is 0 Å². The van der Waals surface area contributed by atoms with Crippen LogP contribution in [-0.2, 0) is 14.4 Å². The highest BCUT2D eigenvalue weighted by Gasteiger charge is 2.36. The maximum absolute atomic E-state index is 12.8. The second-order valence-corrected chi connectivity index (χ2v) is 6.58. The van der Waals surface area contributed by atoms with Crippen molar-refractivity contribution in [3.63, 3.8) is 0 Å². The molecule has 0 unspecified atom stereocenters. The molecule has 3 rings (SSSR count). The van der Waals surface area contributed by atoms with Gasteiger partial charge in [0.25, 0.3) is 11.8 Å². The quantitative estimate of drug-likeness (QED) is 0.574. The first-order valence-electron chi connectivity index (χ1n) is 8.38. The molecular formula is C20H15ClN2O6. The molecule has 4 amide bonds. The fourth-order valence-corrected chi connectivity index (χ4v) is 2.93. The molecule has 0 bridgehead atoms. The molecule has 2 aromatic rings. The lowest BCUT2D eigenvalue weighted by Gasteiger charge is -2.26. The summed E-state index contributed by atoms with van der Waals surface area (Å²) >= 11 is 6.07. The maximum atomic E-state index is 12.8. The van der Waals surface area contributed by atoms with Crippen molar-refractivity contribution in [3.8, 4) is 5.75 Å². The zero-order valence-corrected chi connectivity index (χ0v) is 15.9. The highest BCUT2D eigenvalue weighted by Crippen LogP contribution is 2.28. The van der Waals surface area contributed by atoms with Gasteiger partial charge in [0.15, 0.2) is 6.61 Å². The number of aliphatic carboxylic acids is 1. The molecule has 29 heavy (non-hydrogen) atoms. The van der Waals surface area contributed by atoms with Crippen LogP contribution in [0.4, 0.5) is 10.5 Å². The summed E-state index contributed by atoms with van der Waals surface area (Å²) in [7, 11) is 0. The lowest BCUT2D eigenvalue weighted by atomic mass is 10.1. The van der Waals surface area contributed by atoms with Gasteiger partial charge in [-0.05, 0) is 48.4 Å². The summed E-state index contributed by atoms with van der Waals surface area (Å²) < 4.78 is 5.03. The summed E-state index contributed by atoms with van der Waals surface area (Å²) in [5, 5.41) is 10.9. The van der Waals surface area contributed by atoms with E-state index >= 15 is 0 Å². The monoisotopic (exact) mass is 414 g/mol. The molecule has 0 atom stereocenters. The van der Waals surface area contributed by atoms with E-state index in [0.717, 1.165) is 10.5 Å². The zero-order chi connectivity index (χ0) is 21.1. The molecule has 8 nitrogen and oxygen atoms in total. The van der Waals surface area contributed by atoms with Crippen LogP contribution in [0, 0.1) is 6.92 Å². The number of benzene rings is 2. The normalized spacial score (nSPS) is 15.4. The van der Waals surface area contributed by atoms with E-state index in [4.69, 9.17) is 21.4 Å². The Balaban J connectivity index is 1.92. The molecule has 148 valence electrons. The largest absolute Gasteiger partial charge is 0.480 e. The number of rotatable bonds is 5. The zero-order valence-electron chi connectivity index (χ0n) is 15.1. The molecule has 1 aliphatic rings. The van der Waals surface area contributed by atoms with Gasteiger partial charge in [0, 0.05) is 0 Å². The number of imide groups is 2. The number of halogens is 1. The van der Waals surface area contributed by atoms with Crippen molar-refractivity contribution in [2.45, 2.75) is 6.92 Å². The van der Waals surface area contributed by atoms with Gasteiger partial charge in [0.1, 0.15) is 11.3 Å². The molecule has 1 aliphatic heterocycles. The highest BCUT2D eigenvalue weighted by molar-refractivity contribution is 6.39. The molecule has 2 aromatic carbocycles. The Hall–Kier alpha value is -3.65. The van der Waals surface area contributed by atoms with Crippen LogP contribution >= 0.6 is 11.6 Å². The Labute approximate surface area is 170 Å². The average Bonchev–Trinajstić information content (AvgIpc) is 2.64. The van der Waals surface area contributed by atoms with Crippen LogP contribution in [0.5, 0.6) is 5.75 Å². The van der Waals surface area contributed by atoms with Gasteiger partial charge in [-0.15, -0.1) is 0 Å². The van der Waals surface area contributed by atoms with Crippen molar-refractivity contribution >= 4 is 47.2 Å². The van der Waals surface area contributed by atoms with E-state index in [-0.39, 0.29) is 16.3 Å². The molecule has 0 aliphatic carbocycles. The van der Waals surface area contributed by atoms with Gasteiger partial charge in [0.2, 0.25) is 0 Å². The van der Waals surface area contributed by atoms with Crippen LogP contribution in [0.1, 0.15) is 11.1 Å². The fourth-order valence-electron chi connectivity index (χ4n) is 2.69. The molecule has 0 aromatic heterocycles. The first kappa shape index (κ1) is 20.1. The number of carboxylic acid groups (broad SMARTS) is 1. The van der Waals surface area contributed by atoms with Crippen molar-refractivity contribution in [3.05, 3.63) is 64.2 Å². The second-order valence-electron chi connectivity index (χ2n) is 6.17. The predicted molar refractivity (Wildman–Crippen MR) is 105 cm³/mol. The number of urea groups is 1. The molecule has 9 heteroatoms. The SMILES string of the molecule is Cc1cccc(N2C(=O)NC(=O)/C(=C\c3ccc(OCC(=O)O)c(Cl)c3)C2=O)c1. The maximum Gasteiger partial charge on any atom is 0.341 e. The summed E-state index contributed by atoms with van der Waals surface area (Å²) in [6.45, 7) is 1.25. The van der Waals surface area contributed by atoms with Crippen molar-refractivity contribution in [1.29, 1.82) is 0 Å². The van der Waals surface area contributed by atoms with E-state index in [1.807, 2.05) is 13.0 Å². The van der Waals surface area contributed by atoms with Crippen LogP contribution in [-0.4, -0.2) is 35.5 Å². The minimum absolute atomic E-state index is 0.107. The number of hydrogen-bond acceptors (Lipinski definition) is 5. The number of nitrogens with one attached hydrogen (secondary N) is 1. The average molecular weight is 415 g/mol. The Kier molecular flexibility index (Phi) is 5.65. The summed E-state index contributed by atoms with van der Waals surface area (Å²) in [6, 6.07) is 10.3. The number of nitrogens with zero attached hydrogens (tertiary/aromatic N) is 1. The minimum atomic E-state index is -1.15. The molecule has 0 spiro atoms. The number of carboxylic acids is 1. The van der Waals surface area contributed by atoms with Crippen LogP contribution in [0.15, 0.2) is 48.0 Å². The summed E-state index contributed by atoms with van der Waals surface area (Å²) in [6.07, 6.45) is 1.29. The second kappa shape index (κ2) is 8.15. The van der Waals surface area contributed by atoms with Gasteiger partial charge in [0.05, 0.1) is 10.7 Å². The molecular weight excluding hydrogens is 400 g/mol. The van der Waals surface area contributed by atoms with Crippen molar-refractivity contribution in [1.82, 2.24) is 5.32 Å². The van der Waals surface area contributed by atoms with E-state index in [0.29, 0.717) is 11.3 Å². The predicted octanol–water partition coefficient (Wildman–Crippen LogP) is 2.78. The van der Waals surface area contributed by atoms with Gasteiger partial charge in [-0.2, -0.15) is 0 Å². The van der Waals surface area contributed by atoms with Crippen LogP contribution < -0.4 is 15.0 Å². The van der Waals surface area contributed by atoms with Gasteiger partial charge < -0.3 is 9.84 Å². The van der Waals surface area contributed by atoms with E-state index in [2.05, 4.69) is 5.32 Å². The Bertz CT molecular complexity index is 1060. The number of carbonyl (C=O) groups excluding carboxylic acids is 3. The smallest absolute Gasteiger partial charge is 0.341 e. The van der Waals surface area contributed by atoms with Gasteiger partial charge in [-0.3, -0.25) is 14.9 Å². The number of anilines is 1. The third kappa shape index (κ3) is 4.44. The first-order valence-corrected chi connectivity index (χ1v) is 8.76. The summed E-state index contributed by atoms with van der Waals surface area (Å²) in [5.74, 6) is -2.61. The standard InChI is InChI=1S/C20H15ClN2O6/c1-11-3-2-4-13(7-11)23-19(27)14(18(26)22-20(23)28)8-12-5-6-16(15(21)9-12)29-10-17(24)25/h2-9H,10H2,1H3,(H,24,25)(H,22,26,28)/b14-8+.